The highest BCUT2D eigenvalue weighted by molar-refractivity contribution is 5.68. The van der Waals surface area contributed by atoms with Crippen molar-refractivity contribution in [3.8, 4) is 0 Å². The molecule has 2 aromatic carbocycles. The lowest BCUT2D eigenvalue weighted by molar-refractivity contribution is 0.400. The Hall–Kier alpha value is -2.58. The van der Waals surface area contributed by atoms with Gasteiger partial charge in [-0.1, -0.05) is 78.9 Å². The third kappa shape index (κ3) is 2.45. The van der Waals surface area contributed by atoms with Gasteiger partial charge in [-0.25, -0.2) is 0 Å². The largest absolute Gasteiger partial charge is 0.376 e. The van der Waals surface area contributed by atoms with Crippen molar-refractivity contribution >= 4 is 0 Å². The Bertz CT molecular complexity index is 805. The summed E-state index contributed by atoms with van der Waals surface area (Å²) in [6.07, 6.45) is 7.70. The molecule has 2 aliphatic rings. The summed E-state index contributed by atoms with van der Waals surface area (Å²) >= 11 is 0. The van der Waals surface area contributed by atoms with E-state index in [1.165, 1.54) is 28.0 Å². The number of nitrogens with zero attached hydrogens (tertiary/aromatic N) is 1. The van der Waals surface area contributed by atoms with Gasteiger partial charge in [-0.2, -0.15) is 0 Å². The van der Waals surface area contributed by atoms with Crippen LogP contribution in [0.25, 0.3) is 0 Å². The van der Waals surface area contributed by atoms with Gasteiger partial charge in [0, 0.05) is 32.3 Å². The van der Waals surface area contributed by atoms with Crippen LogP contribution in [0.15, 0.2) is 95.7 Å². The number of benzene rings is 2. The highest BCUT2D eigenvalue weighted by Gasteiger charge is 2.46. The molecule has 0 saturated heterocycles. The normalized spacial score (nSPS) is 17.6. The van der Waals surface area contributed by atoms with E-state index in [0.29, 0.717) is 6.54 Å². The van der Waals surface area contributed by atoms with E-state index in [-0.39, 0.29) is 5.41 Å². The van der Waals surface area contributed by atoms with E-state index < -0.39 is 0 Å². The van der Waals surface area contributed by atoms with Gasteiger partial charge in [0.15, 0.2) is 0 Å². The van der Waals surface area contributed by atoms with E-state index in [9.17, 15) is 0 Å². The molecule has 0 heterocycles. The fourth-order valence-electron chi connectivity index (χ4n) is 4.28. The Morgan fingerprint density at radius 3 is 2.12 bits per heavy atom. The lowest BCUT2D eigenvalue weighted by Crippen LogP contribution is -2.30. The van der Waals surface area contributed by atoms with Crippen LogP contribution < -0.4 is 5.73 Å². The predicted octanol–water partition coefficient (Wildman–Crippen LogP) is 4.02. The molecule has 2 aliphatic carbocycles. The van der Waals surface area contributed by atoms with Gasteiger partial charge in [-0.05, 0) is 22.3 Å². The first-order chi connectivity index (χ1) is 12.3. The summed E-state index contributed by atoms with van der Waals surface area (Å²) in [7, 11) is 2.16. The van der Waals surface area contributed by atoms with Crippen molar-refractivity contribution in [3.63, 3.8) is 0 Å². The van der Waals surface area contributed by atoms with E-state index in [1.807, 2.05) is 0 Å². The van der Waals surface area contributed by atoms with Gasteiger partial charge in [-0.3, -0.25) is 0 Å². The fraction of sp³-hybridized carbons (Fsp3) is 0.217. The first-order valence-electron chi connectivity index (χ1n) is 8.92. The van der Waals surface area contributed by atoms with Crippen molar-refractivity contribution < 1.29 is 0 Å². The summed E-state index contributed by atoms with van der Waals surface area (Å²) in [6, 6.07) is 21.8. The number of hydrogen-bond acceptors (Lipinski definition) is 2. The Morgan fingerprint density at radius 2 is 1.56 bits per heavy atom. The molecule has 0 atom stereocenters. The molecule has 0 unspecified atom stereocenters. The van der Waals surface area contributed by atoms with Gasteiger partial charge in [0.2, 0.25) is 0 Å². The number of likely N-dealkylation sites (N-methyl/N-ethyl adjacent to an activating group) is 1. The van der Waals surface area contributed by atoms with Gasteiger partial charge in [-0.15, -0.1) is 0 Å². The highest BCUT2D eigenvalue weighted by Crippen LogP contribution is 2.54. The van der Waals surface area contributed by atoms with Crippen LogP contribution in [0.1, 0.15) is 17.5 Å². The molecular weight excluding hydrogens is 304 g/mol. The Balaban J connectivity index is 1.91. The van der Waals surface area contributed by atoms with Crippen molar-refractivity contribution in [3.05, 3.63) is 107 Å². The van der Waals surface area contributed by atoms with Crippen LogP contribution >= 0.6 is 0 Å². The van der Waals surface area contributed by atoms with Crippen LogP contribution in [0.4, 0.5) is 0 Å². The maximum Gasteiger partial charge on any atom is 0.0512 e. The van der Waals surface area contributed by atoms with Gasteiger partial charge in [0.25, 0.3) is 0 Å². The molecule has 0 spiro atoms. The number of fused-ring (bicyclic) bond motifs is 1. The van der Waals surface area contributed by atoms with Gasteiger partial charge in [0.1, 0.15) is 0 Å². The molecule has 126 valence electrons. The van der Waals surface area contributed by atoms with E-state index in [1.54, 1.807) is 0 Å². The third-order valence-corrected chi connectivity index (χ3v) is 5.48. The Kier molecular flexibility index (Phi) is 4.06. The minimum absolute atomic E-state index is 0.125. The topological polar surface area (TPSA) is 29.3 Å². The van der Waals surface area contributed by atoms with Crippen LogP contribution in [0.3, 0.4) is 0 Å². The molecule has 0 aliphatic heterocycles. The summed E-state index contributed by atoms with van der Waals surface area (Å²) in [5.41, 5.74) is 12.6. The Morgan fingerprint density at radius 1 is 0.960 bits per heavy atom. The highest BCUT2D eigenvalue weighted by atomic mass is 15.1. The van der Waals surface area contributed by atoms with Gasteiger partial charge in [0.05, 0.1) is 5.41 Å². The number of rotatable bonds is 5. The van der Waals surface area contributed by atoms with E-state index >= 15 is 0 Å². The minimum Gasteiger partial charge on any atom is -0.376 e. The van der Waals surface area contributed by atoms with E-state index in [4.69, 9.17) is 5.73 Å². The summed E-state index contributed by atoms with van der Waals surface area (Å²) in [5, 5.41) is 0. The molecule has 2 N–H and O–H groups in total. The molecule has 0 radical (unpaired) electrons. The van der Waals surface area contributed by atoms with Crippen molar-refractivity contribution in [2.45, 2.75) is 11.8 Å². The molecule has 2 aromatic rings. The zero-order valence-corrected chi connectivity index (χ0v) is 14.7. The minimum atomic E-state index is -0.125. The lowest BCUT2D eigenvalue weighted by atomic mass is 9.69. The average molecular weight is 328 g/mol. The molecule has 0 fully saturated rings. The molecule has 2 nitrogen and oxygen atoms in total. The molecule has 2 heteroatoms. The first-order valence-corrected chi connectivity index (χ1v) is 8.92. The van der Waals surface area contributed by atoms with Crippen LogP contribution in [-0.4, -0.2) is 25.0 Å². The van der Waals surface area contributed by atoms with Crippen molar-refractivity contribution in [2.75, 3.05) is 20.1 Å². The summed E-state index contributed by atoms with van der Waals surface area (Å²) in [5.74, 6) is 0. The second-order valence-electron chi connectivity index (χ2n) is 6.82. The molecule has 4 rings (SSSR count). The SMILES string of the molecule is CN(CCN)C1=C2C=CC=C2C(c2ccccc2)(c2ccccc2)C1. The van der Waals surface area contributed by atoms with Crippen molar-refractivity contribution in [1.29, 1.82) is 0 Å². The average Bonchev–Trinajstić information content (AvgIpc) is 3.25. The van der Waals surface area contributed by atoms with Crippen LogP contribution in [-0.2, 0) is 5.41 Å². The smallest absolute Gasteiger partial charge is 0.0512 e. The van der Waals surface area contributed by atoms with Gasteiger partial charge >= 0.3 is 0 Å². The van der Waals surface area contributed by atoms with E-state index in [0.717, 1.165) is 13.0 Å². The molecular formula is C23H24N2. The second kappa shape index (κ2) is 6.38. The van der Waals surface area contributed by atoms with Crippen LogP contribution in [0, 0.1) is 0 Å². The number of hydrogen-bond donors (Lipinski definition) is 1. The number of nitrogens with two attached hydrogens (primary N) is 1. The zero-order valence-electron chi connectivity index (χ0n) is 14.7. The molecule has 0 aromatic heterocycles. The van der Waals surface area contributed by atoms with E-state index in [2.05, 4.69) is 90.8 Å². The van der Waals surface area contributed by atoms with Crippen LogP contribution in [0.5, 0.6) is 0 Å². The molecule has 0 amide bonds. The lowest BCUT2D eigenvalue weighted by Gasteiger charge is -2.34. The quantitative estimate of drug-likeness (QED) is 0.898. The second-order valence-corrected chi connectivity index (χ2v) is 6.82. The summed E-state index contributed by atoms with van der Waals surface area (Å²) in [4.78, 5) is 2.33. The molecule has 25 heavy (non-hydrogen) atoms. The maximum absolute atomic E-state index is 5.83. The number of allylic oxidation sites excluding steroid dienone is 6. The predicted molar refractivity (Wildman–Crippen MR) is 104 cm³/mol. The monoisotopic (exact) mass is 328 g/mol. The first kappa shape index (κ1) is 15.9. The van der Waals surface area contributed by atoms with Crippen LogP contribution in [0.2, 0.25) is 0 Å². The van der Waals surface area contributed by atoms with Crippen molar-refractivity contribution in [2.24, 2.45) is 5.73 Å². The maximum atomic E-state index is 5.83. The Labute approximate surface area is 150 Å². The third-order valence-electron chi connectivity index (χ3n) is 5.48. The zero-order chi connectivity index (χ0) is 17.3. The summed E-state index contributed by atoms with van der Waals surface area (Å²) in [6.45, 7) is 1.54. The van der Waals surface area contributed by atoms with Gasteiger partial charge < -0.3 is 10.6 Å². The molecule has 0 saturated carbocycles. The fourth-order valence-corrected chi connectivity index (χ4v) is 4.28. The molecule has 0 bridgehead atoms. The summed E-state index contributed by atoms with van der Waals surface area (Å²) < 4.78 is 0. The van der Waals surface area contributed by atoms with Crippen molar-refractivity contribution in [1.82, 2.24) is 4.90 Å². The standard InChI is InChI=1S/C23H24N2/c1-25(16-15-24)22-17-23(18-9-4-2-5-10-18,19-11-6-3-7-12-19)21-14-8-13-20(21)22/h2-14H,15-17,24H2,1H3.